The number of carbonyl (C=O) groups is 1. The van der Waals surface area contributed by atoms with E-state index in [2.05, 4.69) is 0 Å². The maximum Gasteiger partial charge on any atom is 0.306 e. The van der Waals surface area contributed by atoms with Gasteiger partial charge in [0, 0.05) is 0 Å². The van der Waals surface area contributed by atoms with Crippen LogP contribution >= 0.6 is 11.6 Å². The van der Waals surface area contributed by atoms with Crippen LogP contribution in [0.3, 0.4) is 0 Å². The molecule has 5 nitrogen and oxygen atoms in total. The van der Waals surface area contributed by atoms with Crippen LogP contribution in [0.25, 0.3) is 0 Å². The van der Waals surface area contributed by atoms with Crippen LogP contribution in [0.2, 0.25) is 5.02 Å². The number of aliphatic hydroxyl groups excluding tert-OH is 1. The van der Waals surface area contributed by atoms with E-state index in [1.165, 1.54) is 0 Å². The van der Waals surface area contributed by atoms with Gasteiger partial charge in [0.1, 0.15) is 0 Å². The summed E-state index contributed by atoms with van der Waals surface area (Å²) in [5, 5.41) is 19.1. The number of halogens is 1. The van der Waals surface area contributed by atoms with Crippen LogP contribution in [0.5, 0.6) is 11.5 Å². The first-order valence-corrected chi connectivity index (χ1v) is 5.86. The molecule has 1 aromatic carbocycles. The Morgan fingerprint density at radius 3 is 2.89 bits per heavy atom. The number of aliphatic hydroxyl groups is 1. The Morgan fingerprint density at radius 2 is 2.22 bits per heavy atom. The number of benzene rings is 1. The largest absolute Gasteiger partial charge is 0.481 e. The molecule has 0 radical (unpaired) electrons. The smallest absolute Gasteiger partial charge is 0.306 e. The highest BCUT2D eigenvalue weighted by Crippen LogP contribution is 2.41. The molecule has 6 heteroatoms. The molecular formula is C12H13ClO5. The maximum absolute atomic E-state index is 10.7. The molecule has 0 aliphatic carbocycles. The lowest BCUT2D eigenvalue weighted by molar-refractivity contribution is -0.142. The summed E-state index contributed by atoms with van der Waals surface area (Å²) in [7, 11) is 0. The second-order valence-corrected chi connectivity index (χ2v) is 4.63. The summed E-state index contributed by atoms with van der Waals surface area (Å²) >= 11 is 5.99. The number of carboxylic acids is 1. The molecule has 2 N–H and O–H groups in total. The van der Waals surface area contributed by atoms with Crippen LogP contribution in [0.1, 0.15) is 25.0 Å². The van der Waals surface area contributed by atoms with Crippen molar-refractivity contribution in [1.82, 2.24) is 0 Å². The summed E-state index contributed by atoms with van der Waals surface area (Å²) in [5.74, 6) is -0.650. The van der Waals surface area contributed by atoms with Crippen molar-refractivity contribution in [3.05, 3.63) is 22.7 Å². The van der Waals surface area contributed by atoms with Crippen molar-refractivity contribution in [3.8, 4) is 11.5 Å². The van der Waals surface area contributed by atoms with Crippen molar-refractivity contribution in [2.75, 3.05) is 6.79 Å². The first kappa shape index (κ1) is 13.0. The number of carboxylic acid groups (broad SMARTS) is 1. The van der Waals surface area contributed by atoms with Gasteiger partial charge in [0.2, 0.25) is 6.79 Å². The zero-order chi connectivity index (χ0) is 13.3. The van der Waals surface area contributed by atoms with E-state index in [9.17, 15) is 9.90 Å². The number of aliphatic carboxylic acids is 1. The highest BCUT2D eigenvalue weighted by Gasteiger charge is 2.23. The van der Waals surface area contributed by atoms with Crippen LogP contribution < -0.4 is 9.47 Å². The third-order valence-corrected chi connectivity index (χ3v) is 3.11. The zero-order valence-corrected chi connectivity index (χ0v) is 10.5. The molecule has 2 rings (SSSR count). The van der Waals surface area contributed by atoms with Crippen molar-refractivity contribution >= 4 is 17.6 Å². The van der Waals surface area contributed by atoms with E-state index in [0.717, 1.165) is 0 Å². The van der Waals surface area contributed by atoms with Gasteiger partial charge in [-0.3, -0.25) is 4.79 Å². The van der Waals surface area contributed by atoms with E-state index < -0.39 is 18.0 Å². The van der Waals surface area contributed by atoms with Gasteiger partial charge in [0.05, 0.1) is 17.0 Å². The highest BCUT2D eigenvalue weighted by molar-refractivity contribution is 6.32. The first-order valence-electron chi connectivity index (χ1n) is 5.49. The van der Waals surface area contributed by atoms with Gasteiger partial charge in [-0.25, -0.2) is 0 Å². The Labute approximate surface area is 109 Å². The molecule has 1 heterocycles. The van der Waals surface area contributed by atoms with Crippen molar-refractivity contribution in [1.29, 1.82) is 0 Å². The van der Waals surface area contributed by atoms with Crippen LogP contribution in [0, 0.1) is 5.92 Å². The number of ether oxygens (including phenoxy) is 2. The predicted molar refractivity (Wildman–Crippen MR) is 64.0 cm³/mol. The lowest BCUT2D eigenvalue weighted by atomic mass is 9.98. The predicted octanol–water partition coefficient (Wildman–Crippen LogP) is 2.21. The summed E-state index contributed by atoms with van der Waals surface area (Å²) < 4.78 is 10.3. The molecule has 1 aliphatic rings. The van der Waals surface area contributed by atoms with E-state index in [1.807, 2.05) is 0 Å². The van der Waals surface area contributed by atoms with E-state index in [-0.39, 0.29) is 13.2 Å². The molecule has 1 aliphatic heterocycles. The Hall–Kier alpha value is -1.46. The molecular weight excluding hydrogens is 260 g/mol. The van der Waals surface area contributed by atoms with Gasteiger partial charge in [0.15, 0.2) is 11.5 Å². The lowest BCUT2D eigenvalue weighted by Gasteiger charge is -2.14. The molecule has 0 spiro atoms. The molecule has 0 amide bonds. The second-order valence-electron chi connectivity index (χ2n) is 4.23. The maximum atomic E-state index is 10.7. The van der Waals surface area contributed by atoms with Crippen molar-refractivity contribution in [3.63, 3.8) is 0 Å². The number of hydrogen-bond donors (Lipinski definition) is 2. The Kier molecular flexibility index (Phi) is 3.63. The van der Waals surface area contributed by atoms with E-state index in [4.69, 9.17) is 26.2 Å². The fourth-order valence-electron chi connectivity index (χ4n) is 1.75. The third-order valence-electron chi connectivity index (χ3n) is 2.83. The minimum Gasteiger partial charge on any atom is -0.481 e. The average Bonchev–Trinajstić information content (AvgIpc) is 2.77. The minimum absolute atomic E-state index is 0.0974. The molecule has 0 saturated heterocycles. The summed E-state index contributed by atoms with van der Waals surface area (Å²) in [4.78, 5) is 10.7. The molecule has 0 fully saturated rings. The number of fused-ring (bicyclic) bond motifs is 1. The summed E-state index contributed by atoms with van der Waals surface area (Å²) in [6.07, 6.45) is -0.784. The van der Waals surface area contributed by atoms with E-state index >= 15 is 0 Å². The molecule has 98 valence electrons. The fraction of sp³-hybridized carbons (Fsp3) is 0.417. The quantitative estimate of drug-likeness (QED) is 0.879. The molecule has 2 unspecified atom stereocenters. The topological polar surface area (TPSA) is 76.0 Å². The average molecular weight is 273 g/mol. The van der Waals surface area contributed by atoms with Gasteiger partial charge in [-0.2, -0.15) is 0 Å². The minimum atomic E-state index is -0.944. The molecule has 18 heavy (non-hydrogen) atoms. The molecule has 0 bridgehead atoms. The lowest BCUT2D eigenvalue weighted by Crippen LogP contribution is -2.13. The molecule has 2 atom stereocenters. The zero-order valence-electron chi connectivity index (χ0n) is 9.72. The van der Waals surface area contributed by atoms with Crippen molar-refractivity contribution < 1.29 is 24.5 Å². The van der Waals surface area contributed by atoms with Crippen LogP contribution in [-0.2, 0) is 4.79 Å². The molecule has 1 aromatic rings. The van der Waals surface area contributed by atoms with Crippen molar-refractivity contribution in [2.24, 2.45) is 5.92 Å². The summed E-state index contributed by atoms with van der Waals surface area (Å²) in [5.41, 5.74) is 0.525. The van der Waals surface area contributed by atoms with Crippen molar-refractivity contribution in [2.45, 2.75) is 19.4 Å². The van der Waals surface area contributed by atoms with Crippen LogP contribution in [0.4, 0.5) is 0 Å². The van der Waals surface area contributed by atoms with Gasteiger partial charge >= 0.3 is 5.97 Å². The Bertz CT molecular complexity index is 474. The molecule has 0 aromatic heterocycles. The van der Waals surface area contributed by atoms with Gasteiger partial charge in [-0.1, -0.05) is 18.5 Å². The number of hydrogen-bond acceptors (Lipinski definition) is 4. The van der Waals surface area contributed by atoms with E-state index in [1.54, 1.807) is 19.1 Å². The number of rotatable bonds is 4. The van der Waals surface area contributed by atoms with Gasteiger partial charge in [-0.15, -0.1) is 0 Å². The Balaban J connectivity index is 2.18. The monoisotopic (exact) mass is 272 g/mol. The summed E-state index contributed by atoms with van der Waals surface area (Å²) in [6.45, 7) is 1.64. The van der Waals surface area contributed by atoms with Gasteiger partial charge in [-0.05, 0) is 24.1 Å². The molecule has 0 saturated carbocycles. The normalized spacial score (nSPS) is 16.4. The van der Waals surface area contributed by atoms with Crippen LogP contribution in [-0.4, -0.2) is 23.0 Å². The second kappa shape index (κ2) is 5.04. The SMILES string of the molecule is CC(CC(O)c1cc(Cl)c2c(c1)OCO2)C(=O)O. The fourth-order valence-corrected chi connectivity index (χ4v) is 2.03. The van der Waals surface area contributed by atoms with Gasteiger partial charge in [0.25, 0.3) is 0 Å². The van der Waals surface area contributed by atoms with Gasteiger partial charge < -0.3 is 19.7 Å². The Morgan fingerprint density at radius 1 is 1.50 bits per heavy atom. The van der Waals surface area contributed by atoms with Crippen LogP contribution in [0.15, 0.2) is 12.1 Å². The van der Waals surface area contributed by atoms with E-state index in [0.29, 0.717) is 22.1 Å². The first-order chi connectivity index (χ1) is 8.49. The summed E-state index contributed by atoms with van der Waals surface area (Å²) in [6, 6.07) is 3.18. The third kappa shape index (κ3) is 2.52. The highest BCUT2D eigenvalue weighted by atomic mass is 35.5. The standard InChI is InChI=1S/C12H13ClO5/c1-6(12(15)16)2-9(14)7-3-8(13)11-10(4-7)17-5-18-11/h3-4,6,9,14H,2,5H2,1H3,(H,15,16).